The summed E-state index contributed by atoms with van der Waals surface area (Å²) in [5.74, 6) is 0.140. The molecule has 1 aromatic carbocycles. The van der Waals surface area contributed by atoms with Crippen LogP contribution in [0.4, 0.5) is 0 Å². The number of aryl methyl sites for hydroxylation is 1. The van der Waals surface area contributed by atoms with E-state index in [2.05, 4.69) is 9.80 Å². The molecule has 2 atom stereocenters. The Morgan fingerprint density at radius 1 is 1.40 bits per heavy atom. The Hall–Kier alpha value is -1.23. The Kier molecular flexibility index (Phi) is 4.91. The van der Waals surface area contributed by atoms with Crippen molar-refractivity contribution in [1.29, 1.82) is 0 Å². The van der Waals surface area contributed by atoms with Gasteiger partial charge in [-0.05, 0) is 33.0 Å². The summed E-state index contributed by atoms with van der Waals surface area (Å²) in [6.45, 7) is 3.82. The molecule has 2 rings (SSSR count). The largest absolute Gasteiger partial charge is 0.392 e. The van der Waals surface area contributed by atoms with Crippen molar-refractivity contribution in [2.24, 2.45) is 0 Å². The van der Waals surface area contributed by atoms with Gasteiger partial charge >= 0.3 is 0 Å². The quantitative estimate of drug-likeness (QED) is 0.820. The molecule has 2 unspecified atom stereocenters. The fraction of sp³-hybridized carbons (Fsp3) is 0.562. The van der Waals surface area contributed by atoms with Crippen molar-refractivity contribution in [2.75, 3.05) is 33.7 Å². The smallest absolute Gasteiger partial charge is 0.177 e. The minimum Gasteiger partial charge on any atom is -0.392 e. The molecule has 4 heteroatoms. The molecule has 0 bridgehead atoms. The summed E-state index contributed by atoms with van der Waals surface area (Å²) in [6, 6.07) is 7.94. The molecule has 0 radical (unpaired) electrons. The lowest BCUT2D eigenvalue weighted by Crippen LogP contribution is -2.40. The molecule has 0 amide bonds. The Labute approximate surface area is 121 Å². The first-order chi connectivity index (χ1) is 9.47. The van der Waals surface area contributed by atoms with E-state index in [9.17, 15) is 9.90 Å². The van der Waals surface area contributed by atoms with E-state index < -0.39 is 0 Å². The standard InChI is InChI=1S/C16H24N2O2/c1-12-6-4-5-7-15(12)16(20)11-18-10-14(19)8-13(18)9-17(2)3/h4-7,13-14,19H,8-11H2,1-3H3. The fourth-order valence-electron chi connectivity index (χ4n) is 2.92. The highest BCUT2D eigenvalue weighted by Crippen LogP contribution is 2.19. The van der Waals surface area contributed by atoms with Gasteiger partial charge in [0.25, 0.3) is 0 Å². The third kappa shape index (κ3) is 3.66. The molecule has 1 aliphatic heterocycles. The van der Waals surface area contributed by atoms with Crippen LogP contribution in [0.15, 0.2) is 24.3 Å². The summed E-state index contributed by atoms with van der Waals surface area (Å²) in [7, 11) is 4.04. The van der Waals surface area contributed by atoms with E-state index >= 15 is 0 Å². The molecular weight excluding hydrogens is 252 g/mol. The van der Waals surface area contributed by atoms with Crippen LogP contribution in [0.2, 0.25) is 0 Å². The fourth-order valence-corrected chi connectivity index (χ4v) is 2.92. The Morgan fingerprint density at radius 3 is 2.75 bits per heavy atom. The number of hydrogen-bond acceptors (Lipinski definition) is 4. The van der Waals surface area contributed by atoms with E-state index in [1.54, 1.807) is 0 Å². The summed E-state index contributed by atoms with van der Waals surface area (Å²) < 4.78 is 0. The topological polar surface area (TPSA) is 43.8 Å². The number of nitrogens with zero attached hydrogens (tertiary/aromatic N) is 2. The minimum absolute atomic E-state index is 0.140. The van der Waals surface area contributed by atoms with Crippen LogP contribution in [0, 0.1) is 6.92 Å². The number of carbonyl (C=O) groups excluding carboxylic acids is 1. The van der Waals surface area contributed by atoms with Crippen LogP contribution in [-0.4, -0.2) is 66.6 Å². The van der Waals surface area contributed by atoms with Crippen LogP contribution in [-0.2, 0) is 0 Å². The van der Waals surface area contributed by atoms with Gasteiger partial charge < -0.3 is 10.0 Å². The van der Waals surface area contributed by atoms with Gasteiger partial charge in [-0.3, -0.25) is 9.69 Å². The molecule has 4 nitrogen and oxygen atoms in total. The third-order valence-electron chi connectivity index (χ3n) is 3.87. The van der Waals surface area contributed by atoms with E-state index in [-0.39, 0.29) is 17.9 Å². The molecule has 110 valence electrons. The lowest BCUT2D eigenvalue weighted by molar-refractivity contribution is 0.0901. The number of likely N-dealkylation sites (tertiary alicyclic amines) is 1. The summed E-state index contributed by atoms with van der Waals surface area (Å²) in [5, 5.41) is 9.85. The van der Waals surface area contributed by atoms with Gasteiger partial charge in [0.1, 0.15) is 0 Å². The monoisotopic (exact) mass is 276 g/mol. The van der Waals surface area contributed by atoms with Gasteiger partial charge in [-0.2, -0.15) is 0 Å². The second-order valence-corrected chi connectivity index (χ2v) is 5.97. The maximum absolute atomic E-state index is 12.4. The third-order valence-corrected chi connectivity index (χ3v) is 3.87. The molecule has 1 aliphatic rings. The number of ketones is 1. The van der Waals surface area contributed by atoms with Gasteiger partial charge in [0.2, 0.25) is 0 Å². The number of benzene rings is 1. The van der Waals surface area contributed by atoms with Gasteiger partial charge in [-0.25, -0.2) is 0 Å². The first kappa shape index (κ1) is 15.2. The van der Waals surface area contributed by atoms with Crippen molar-refractivity contribution in [3.63, 3.8) is 0 Å². The summed E-state index contributed by atoms with van der Waals surface area (Å²) in [6.07, 6.45) is 0.434. The molecule has 1 fully saturated rings. The first-order valence-corrected chi connectivity index (χ1v) is 7.13. The van der Waals surface area contributed by atoms with Gasteiger partial charge in [-0.15, -0.1) is 0 Å². The van der Waals surface area contributed by atoms with Crippen molar-refractivity contribution in [3.05, 3.63) is 35.4 Å². The maximum atomic E-state index is 12.4. The van der Waals surface area contributed by atoms with E-state index in [4.69, 9.17) is 0 Å². The lowest BCUT2D eigenvalue weighted by atomic mass is 10.0. The number of rotatable bonds is 5. The van der Waals surface area contributed by atoms with E-state index in [1.807, 2.05) is 45.3 Å². The van der Waals surface area contributed by atoms with Crippen LogP contribution >= 0.6 is 0 Å². The SMILES string of the molecule is Cc1ccccc1C(=O)CN1CC(O)CC1CN(C)C. The summed E-state index contributed by atoms with van der Waals surface area (Å²) in [5.41, 5.74) is 1.80. The van der Waals surface area contributed by atoms with Crippen LogP contribution in [0.1, 0.15) is 22.3 Å². The van der Waals surface area contributed by atoms with Gasteiger partial charge in [0.15, 0.2) is 5.78 Å². The molecule has 0 aromatic heterocycles. The Bertz CT molecular complexity index is 473. The molecule has 0 saturated carbocycles. The molecule has 1 aromatic rings. The van der Waals surface area contributed by atoms with Crippen LogP contribution in [0.25, 0.3) is 0 Å². The number of likely N-dealkylation sites (N-methyl/N-ethyl adjacent to an activating group) is 1. The molecule has 0 spiro atoms. The van der Waals surface area contributed by atoms with Crippen molar-refractivity contribution in [2.45, 2.75) is 25.5 Å². The number of Topliss-reactive ketones (excluding diaryl/α,β-unsaturated/α-hetero) is 1. The van der Waals surface area contributed by atoms with Gasteiger partial charge in [0, 0.05) is 24.7 Å². The van der Waals surface area contributed by atoms with Crippen LogP contribution < -0.4 is 0 Å². The normalized spacial score (nSPS) is 23.4. The second kappa shape index (κ2) is 6.48. The van der Waals surface area contributed by atoms with Crippen molar-refractivity contribution in [3.8, 4) is 0 Å². The minimum atomic E-state index is -0.315. The van der Waals surface area contributed by atoms with E-state index in [0.717, 1.165) is 24.1 Å². The predicted octanol–water partition coefficient (Wildman–Crippen LogP) is 1.17. The van der Waals surface area contributed by atoms with Gasteiger partial charge in [0.05, 0.1) is 12.6 Å². The molecule has 20 heavy (non-hydrogen) atoms. The first-order valence-electron chi connectivity index (χ1n) is 7.13. The maximum Gasteiger partial charge on any atom is 0.177 e. The highest BCUT2D eigenvalue weighted by atomic mass is 16.3. The van der Waals surface area contributed by atoms with Crippen LogP contribution in [0.5, 0.6) is 0 Å². The summed E-state index contributed by atoms with van der Waals surface area (Å²) >= 11 is 0. The predicted molar refractivity (Wildman–Crippen MR) is 80.0 cm³/mol. The Balaban J connectivity index is 2.04. The lowest BCUT2D eigenvalue weighted by Gasteiger charge is -2.26. The zero-order chi connectivity index (χ0) is 14.7. The van der Waals surface area contributed by atoms with Crippen molar-refractivity contribution >= 4 is 5.78 Å². The number of aliphatic hydroxyl groups is 1. The number of β-amino-alcohol motifs (C(OH)–C–C–N with tert-alkyl or cyclic N) is 1. The molecule has 1 heterocycles. The number of hydrogen-bond donors (Lipinski definition) is 1. The summed E-state index contributed by atoms with van der Waals surface area (Å²) in [4.78, 5) is 16.6. The second-order valence-electron chi connectivity index (χ2n) is 5.97. The zero-order valence-electron chi connectivity index (χ0n) is 12.5. The number of carbonyl (C=O) groups is 1. The Morgan fingerprint density at radius 2 is 2.10 bits per heavy atom. The van der Waals surface area contributed by atoms with Crippen molar-refractivity contribution in [1.82, 2.24) is 9.80 Å². The average molecular weight is 276 g/mol. The molecule has 1 saturated heterocycles. The van der Waals surface area contributed by atoms with Crippen molar-refractivity contribution < 1.29 is 9.90 Å². The van der Waals surface area contributed by atoms with Crippen LogP contribution in [0.3, 0.4) is 0 Å². The zero-order valence-corrected chi connectivity index (χ0v) is 12.5. The average Bonchev–Trinajstić information content (AvgIpc) is 2.68. The van der Waals surface area contributed by atoms with E-state index in [1.165, 1.54) is 0 Å². The van der Waals surface area contributed by atoms with Gasteiger partial charge in [-0.1, -0.05) is 24.3 Å². The molecule has 0 aliphatic carbocycles. The molecular formula is C16H24N2O2. The van der Waals surface area contributed by atoms with E-state index in [0.29, 0.717) is 13.1 Å². The highest BCUT2D eigenvalue weighted by molar-refractivity contribution is 5.98. The molecule has 1 N–H and O–H groups in total. The number of aliphatic hydroxyl groups excluding tert-OH is 1. The highest BCUT2D eigenvalue weighted by Gasteiger charge is 2.32.